The molecule has 2 fully saturated rings. The van der Waals surface area contributed by atoms with Crippen LogP contribution in [0.5, 0.6) is 11.6 Å². The summed E-state index contributed by atoms with van der Waals surface area (Å²) in [7, 11) is 0. The van der Waals surface area contributed by atoms with E-state index in [0.29, 0.717) is 78.6 Å². The van der Waals surface area contributed by atoms with Gasteiger partial charge in [0.1, 0.15) is 0 Å². The zero-order chi connectivity index (χ0) is 32.5. The summed E-state index contributed by atoms with van der Waals surface area (Å²) in [5.74, 6) is 1.08. The van der Waals surface area contributed by atoms with Crippen LogP contribution in [0.25, 0.3) is 11.3 Å². The highest BCUT2D eigenvalue weighted by Gasteiger charge is 2.22. The Morgan fingerprint density at radius 3 is 2.30 bits per heavy atom. The monoisotopic (exact) mass is 671 g/mol. The fourth-order valence-corrected chi connectivity index (χ4v) is 6.17. The maximum Gasteiger partial charge on any atom is 0.407 e. The van der Waals surface area contributed by atoms with Gasteiger partial charge in [0, 0.05) is 67.5 Å². The van der Waals surface area contributed by atoms with Crippen LogP contribution in [0.1, 0.15) is 31.7 Å². The number of ether oxygens (including phenoxy) is 2. The van der Waals surface area contributed by atoms with Crippen LogP contribution in [0.4, 0.5) is 10.7 Å². The number of alkyl carbamates (subject to hydrolysis) is 1. The largest absolute Gasteiger partial charge is 0.481 e. The van der Waals surface area contributed by atoms with E-state index in [-0.39, 0.29) is 12.5 Å². The molecule has 4 heterocycles. The van der Waals surface area contributed by atoms with Gasteiger partial charge in [0.15, 0.2) is 5.75 Å². The molecule has 0 aliphatic carbocycles. The Bertz CT molecular complexity index is 1460. The Labute approximate surface area is 278 Å². The number of nitrogens with zero attached hydrogens (tertiary/aromatic N) is 6. The molecule has 0 saturated carbocycles. The van der Waals surface area contributed by atoms with Crippen LogP contribution in [0, 0.1) is 5.92 Å². The van der Waals surface area contributed by atoms with Crippen molar-refractivity contribution in [1.82, 2.24) is 30.1 Å². The Balaban J connectivity index is 1.25. The highest BCUT2D eigenvalue weighted by atomic mass is 35.5. The first kappa shape index (κ1) is 33.6. The molecule has 14 heteroatoms. The van der Waals surface area contributed by atoms with Gasteiger partial charge in [-0.05, 0) is 68.6 Å². The van der Waals surface area contributed by atoms with Crippen LogP contribution in [-0.4, -0.2) is 101 Å². The number of likely N-dealkylation sites (tertiary alicyclic amines) is 1. The molecule has 0 spiro atoms. The van der Waals surface area contributed by atoms with E-state index in [1.165, 1.54) is 0 Å². The third-order valence-corrected chi connectivity index (χ3v) is 8.51. The second kappa shape index (κ2) is 16.2. The third kappa shape index (κ3) is 9.89. The number of carbonyl (C=O) groups excluding carboxylic acids is 1. The summed E-state index contributed by atoms with van der Waals surface area (Å²) in [5, 5.41) is 12.8. The highest BCUT2D eigenvalue weighted by molar-refractivity contribution is 6.35. The zero-order valence-corrected chi connectivity index (χ0v) is 27.3. The van der Waals surface area contributed by atoms with E-state index in [4.69, 9.17) is 42.8 Å². The standard InChI is InChI=1S/C32H39Cl2N7O5/c1-2-45-32(44)37-18-22-3-6-40(7-4-22)21-23-13-28(24-15-25(33)17-26(34)16-24)38-29(14-23)46-27-19-35-31(36-20-27)41-11-9-39(10-12-41)8-5-30(42)43/h13-17,19-20,22H,2-12,18,21H2,1H3,(H,37,44)(H,42,43). The van der Waals surface area contributed by atoms with Crippen molar-refractivity contribution in [2.45, 2.75) is 32.7 Å². The van der Waals surface area contributed by atoms with Gasteiger partial charge < -0.3 is 24.8 Å². The number of hydrogen-bond acceptors (Lipinski definition) is 10. The molecule has 0 radical (unpaired) electrons. The van der Waals surface area contributed by atoms with E-state index < -0.39 is 5.97 Å². The molecule has 2 aliphatic heterocycles. The van der Waals surface area contributed by atoms with Crippen LogP contribution in [0.2, 0.25) is 10.0 Å². The van der Waals surface area contributed by atoms with E-state index >= 15 is 0 Å². The van der Waals surface area contributed by atoms with E-state index in [1.54, 1.807) is 25.4 Å². The van der Waals surface area contributed by atoms with Gasteiger partial charge in [0.2, 0.25) is 11.8 Å². The molecule has 46 heavy (non-hydrogen) atoms. The number of amides is 1. The van der Waals surface area contributed by atoms with E-state index in [0.717, 1.165) is 50.1 Å². The number of carboxylic acid groups (broad SMARTS) is 1. The van der Waals surface area contributed by atoms with E-state index in [9.17, 15) is 9.59 Å². The first-order valence-corrected chi connectivity index (χ1v) is 16.3. The molecular weight excluding hydrogens is 633 g/mol. The minimum absolute atomic E-state index is 0.138. The molecule has 0 bridgehead atoms. The lowest BCUT2D eigenvalue weighted by Crippen LogP contribution is -2.47. The van der Waals surface area contributed by atoms with Gasteiger partial charge >= 0.3 is 12.1 Å². The summed E-state index contributed by atoms with van der Waals surface area (Å²) in [5.41, 5.74) is 2.49. The minimum atomic E-state index is -0.785. The number of rotatable bonds is 12. The Hall–Kier alpha value is -3.71. The Morgan fingerprint density at radius 2 is 1.65 bits per heavy atom. The summed E-state index contributed by atoms with van der Waals surface area (Å²) in [6.07, 6.45) is 4.99. The van der Waals surface area contributed by atoms with E-state index in [2.05, 4.69) is 30.0 Å². The number of halogens is 2. The molecule has 0 unspecified atom stereocenters. The lowest BCUT2D eigenvalue weighted by atomic mass is 9.96. The molecule has 3 aromatic rings. The van der Waals surface area contributed by atoms with Crippen molar-refractivity contribution in [1.29, 1.82) is 0 Å². The molecule has 1 aromatic carbocycles. The number of piperidine rings is 1. The van der Waals surface area contributed by atoms with Crippen molar-refractivity contribution in [2.75, 3.05) is 63.9 Å². The number of carboxylic acids is 1. The number of aromatic nitrogens is 3. The number of pyridine rings is 1. The average molecular weight is 673 g/mol. The number of aliphatic carboxylic acids is 1. The number of hydrogen-bond donors (Lipinski definition) is 2. The maximum absolute atomic E-state index is 11.7. The quantitative estimate of drug-likeness (QED) is 0.263. The van der Waals surface area contributed by atoms with Gasteiger partial charge in [-0.3, -0.25) is 14.6 Å². The highest BCUT2D eigenvalue weighted by Crippen LogP contribution is 2.31. The number of anilines is 1. The van der Waals surface area contributed by atoms with Crippen molar-refractivity contribution in [3.8, 4) is 22.9 Å². The maximum atomic E-state index is 11.7. The van der Waals surface area contributed by atoms with Crippen molar-refractivity contribution >= 4 is 41.2 Å². The van der Waals surface area contributed by atoms with Gasteiger partial charge in [-0.25, -0.2) is 19.7 Å². The average Bonchev–Trinajstić information content (AvgIpc) is 3.04. The predicted octanol–water partition coefficient (Wildman–Crippen LogP) is 5.19. The molecule has 2 aromatic heterocycles. The summed E-state index contributed by atoms with van der Waals surface area (Å²) in [6.45, 7) is 8.75. The normalized spacial score (nSPS) is 16.3. The number of piperazine rings is 1. The van der Waals surface area contributed by atoms with Crippen molar-refractivity contribution in [3.05, 3.63) is 58.3 Å². The van der Waals surface area contributed by atoms with E-state index in [1.807, 2.05) is 24.3 Å². The molecular formula is C32H39Cl2N7O5. The first-order valence-electron chi connectivity index (χ1n) is 15.5. The second-order valence-corrected chi connectivity index (χ2v) is 12.3. The van der Waals surface area contributed by atoms with Gasteiger partial charge in [0.05, 0.1) is 31.1 Å². The van der Waals surface area contributed by atoms with Gasteiger partial charge in [-0.1, -0.05) is 23.2 Å². The molecule has 1 amide bonds. The second-order valence-electron chi connectivity index (χ2n) is 11.5. The fourth-order valence-electron chi connectivity index (χ4n) is 5.64. The number of nitrogens with one attached hydrogen (secondary N) is 1. The van der Waals surface area contributed by atoms with Crippen LogP contribution >= 0.6 is 23.2 Å². The van der Waals surface area contributed by atoms with Crippen LogP contribution < -0.4 is 15.0 Å². The molecule has 2 N–H and O–H groups in total. The first-order chi connectivity index (χ1) is 22.2. The smallest absolute Gasteiger partial charge is 0.407 e. The lowest BCUT2D eigenvalue weighted by Gasteiger charge is -2.34. The van der Waals surface area contributed by atoms with Crippen LogP contribution in [-0.2, 0) is 16.1 Å². The molecule has 0 atom stereocenters. The summed E-state index contributed by atoms with van der Waals surface area (Å²) in [4.78, 5) is 43.0. The Morgan fingerprint density at radius 1 is 0.957 bits per heavy atom. The van der Waals surface area contributed by atoms with Crippen molar-refractivity contribution < 1.29 is 24.2 Å². The SMILES string of the molecule is CCOC(=O)NCC1CCN(Cc2cc(Oc3cnc(N4CCN(CCC(=O)O)CC4)nc3)nc(-c3cc(Cl)cc(Cl)c3)c2)CC1. The van der Waals surface area contributed by atoms with Crippen molar-refractivity contribution in [2.24, 2.45) is 5.92 Å². The summed E-state index contributed by atoms with van der Waals surface area (Å²) >= 11 is 12.6. The zero-order valence-electron chi connectivity index (χ0n) is 25.8. The van der Waals surface area contributed by atoms with Gasteiger partial charge in [-0.15, -0.1) is 0 Å². The topological polar surface area (TPSA) is 133 Å². The van der Waals surface area contributed by atoms with Crippen LogP contribution in [0.3, 0.4) is 0 Å². The lowest BCUT2D eigenvalue weighted by molar-refractivity contribution is -0.137. The summed E-state index contributed by atoms with van der Waals surface area (Å²) in [6, 6.07) is 9.28. The van der Waals surface area contributed by atoms with Gasteiger partial charge in [-0.2, -0.15) is 0 Å². The molecule has 2 saturated heterocycles. The minimum Gasteiger partial charge on any atom is -0.481 e. The number of benzene rings is 1. The number of carbonyl (C=O) groups is 2. The predicted molar refractivity (Wildman–Crippen MR) is 176 cm³/mol. The van der Waals surface area contributed by atoms with Crippen LogP contribution in [0.15, 0.2) is 42.7 Å². The third-order valence-electron chi connectivity index (χ3n) is 8.08. The molecule has 5 rings (SSSR count). The molecule has 12 nitrogen and oxygen atoms in total. The fraction of sp³-hybridized carbons (Fsp3) is 0.469. The summed E-state index contributed by atoms with van der Waals surface area (Å²) < 4.78 is 11.2. The molecule has 2 aliphatic rings. The van der Waals surface area contributed by atoms with Crippen molar-refractivity contribution in [3.63, 3.8) is 0 Å². The van der Waals surface area contributed by atoms with Gasteiger partial charge in [0.25, 0.3) is 0 Å². The molecule has 246 valence electrons. The Kier molecular flexibility index (Phi) is 11.9.